The average molecular weight is 377 g/mol. The second-order valence-corrected chi connectivity index (χ2v) is 6.74. The third-order valence-electron chi connectivity index (χ3n) is 4.08. The van der Waals surface area contributed by atoms with Gasteiger partial charge < -0.3 is 32.1 Å². The predicted molar refractivity (Wildman–Crippen MR) is 104 cm³/mol. The van der Waals surface area contributed by atoms with Gasteiger partial charge in [0.1, 0.15) is 5.41 Å². The number of carbonyl (C=O) groups excluding carboxylic acids is 2. The molecule has 0 saturated heterocycles. The zero-order valence-corrected chi connectivity index (χ0v) is 15.7. The lowest BCUT2D eigenvalue weighted by Crippen LogP contribution is -2.54. The van der Waals surface area contributed by atoms with Crippen molar-refractivity contribution in [3.05, 3.63) is 35.9 Å². The molecule has 0 aliphatic rings. The molecular weight excluding hydrogens is 349 g/mol. The Morgan fingerprint density at radius 1 is 1.19 bits per heavy atom. The monoisotopic (exact) mass is 377 g/mol. The van der Waals surface area contributed by atoms with Gasteiger partial charge in [0.2, 0.25) is 11.8 Å². The van der Waals surface area contributed by atoms with Crippen molar-refractivity contribution < 1.29 is 19.6 Å². The van der Waals surface area contributed by atoms with Crippen molar-refractivity contribution in [2.75, 3.05) is 6.54 Å². The highest BCUT2D eigenvalue weighted by atomic mass is 16.4. The van der Waals surface area contributed by atoms with Crippen LogP contribution in [0.3, 0.4) is 0 Å². The first-order chi connectivity index (χ1) is 12.6. The average Bonchev–Trinajstić information content (AvgIpc) is 2.62. The molecular formula is C17H28BN5O4. The van der Waals surface area contributed by atoms with Crippen LogP contribution in [-0.2, 0) is 16.1 Å². The number of guanidine groups is 1. The van der Waals surface area contributed by atoms with Gasteiger partial charge in [-0.3, -0.25) is 14.6 Å². The van der Waals surface area contributed by atoms with Gasteiger partial charge >= 0.3 is 7.12 Å². The number of benzene rings is 1. The van der Waals surface area contributed by atoms with Crippen molar-refractivity contribution in [3.8, 4) is 0 Å². The van der Waals surface area contributed by atoms with Crippen LogP contribution in [0.5, 0.6) is 0 Å². The highest BCUT2D eigenvalue weighted by Crippen LogP contribution is 2.17. The van der Waals surface area contributed by atoms with E-state index in [0.717, 1.165) is 5.56 Å². The third-order valence-corrected chi connectivity index (χ3v) is 4.08. The molecule has 0 spiro atoms. The first kappa shape index (κ1) is 22.5. The van der Waals surface area contributed by atoms with E-state index in [-0.39, 0.29) is 12.4 Å². The maximum Gasteiger partial charge on any atom is 0.475 e. The second kappa shape index (κ2) is 10.5. The SMILES string of the molecule is CC(C)(C(=O)NCc1ccccc1)C(=O)NC(CCCN=C(N)N)B(O)O. The Hall–Kier alpha value is -2.59. The minimum absolute atomic E-state index is 0.0589. The van der Waals surface area contributed by atoms with Crippen LogP contribution < -0.4 is 22.1 Å². The molecule has 1 rings (SSSR count). The molecule has 0 fully saturated rings. The molecule has 0 aliphatic heterocycles. The predicted octanol–water partition coefficient (Wildman–Crippen LogP) is -1.12. The van der Waals surface area contributed by atoms with Gasteiger partial charge in [-0.1, -0.05) is 30.3 Å². The molecule has 1 atom stereocenters. The highest BCUT2D eigenvalue weighted by molar-refractivity contribution is 6.43. The standard InChI is InChI=1S/C17H28BN5O4/c1-17(2,14(24)22-11-12-7-4-3-5-8-12)15(25)23-13(18(26)27)9-6-10-21-16(19)20/h3-5,7-8,13,26-27H,6,9-11H2,1-2H3,(H,22,24)(H,23,25)(H4,19,20,21). The van der Waals surface area contributed by atoms with Gasteiger partial charge in [-0.15, -0.1) is 0 Å². The second-order valence-electron chi connectivity index (χ2n) is 6.74. The van der Waals surface area contributed by atoms with Gasteiger partial charge in [0.15, 0.2) is 5.96 Å². The molecule has 27 heavy (non-hydrogen) atoms. The van der Waals surface area contributed by atoms with E-state index in [9.17, 15) is 19.6 Å². The Bertz CT molecular complexity index is 648. The van der Waals surface area contributed by atoms with Gasteiger partial charge in [0.25, 0.3) is 0 Å². The normalized spacial score (nSPS) is 12.0. The first-order valence-electron chi connectivity index (χ1n) is 8.69. The molecule has 1 unspecified atom stereocenters. The zero-order chi connectivity index (χ0) is 20.4. The molecule has 0 radical (unpaired) electrons. The van der Waals surface area contributed by atoms with Crippen molar-refractivity contribution in [1.82, 2.24) is 10.6 Å². The minimum Gasteiger partial charge on any atom is -0.426 e. The van der Waals surface area contributed by atoms with Crippen LogP contribution in [0, 0.1) is 5.41 Å². The topological polar surface area (TPSA) is 163 Å². The molecule has 2 amide bonds. The Morgan fingerprint density at radius 3 is 2.37 bits per heavy atom. The van der Waals surface area contributed by atoms with E-state index < -0.39 is 30.3 Å². The molecule has 0 aromatic heterocycles. The smallest absolute Gasteiger partial charge is 0.426 e. The molecule has 1 aromatic rings. The summed E-state index contributed by atoms with van der Waals surface area (Å²) >= 11 is 0. The third kappa shape index (κ3) is 7.67. The van der Waals surface area contributed by atoms with E-state index in [1.807, 2.05) is 30.3 Å². The Balaban J connectivity index is 2.61. The number of carbonyl (C=O) groups is 2. The lowest BCUT2D eigenvalue weighted by atomic mass is 9.76. The number of nitrogens with zero attached hydrogens (tertiary/aromatic N) is 1. The van der Waals surface area contributed by atoms with Crippen LogP contribution in [0.25, 0.3) is 0 Å². The molecule has 0 aliphatic carbocycles. The summed E-state index contributed by atoms with van der Waals surface area (Å²) in [4.78, 5) is 28.7. The van der Waals surface area contributed by atoms with Crippen LogP contribution in [0.1, 0.15) is 32.3 Å². The van der Waals surface area contributed by atoms with Crippen molar-refractivity contribution in [1.29, 1.82) is 0 Å². The number of nitrogens with one attached hydrogen (secondary N) is 2. The van der Waals surface area contributed by atoms with E-state index in [1.165, 1.54) is 13.8 Å². The molecule has 8 N–H and O–H groups in total. The lowest BCUT2D eigenvalue weighted by Gasteiger charge is -2.26. The van der Waals surface area contributed by atoms with E-state index in [0.29, 0.717) is 19.5 Å². The molecule has 10 heteroatoms. The fraction of sp³-hybridized carbons (Fsp3) is 0.471. The van der Waals surface area contributed by atoms with Crippen LogP contribution in [0.2, 0.25) is 0 Å². The van der Waals surface area contributed by atoms with Gasteiger partial charge in [-0.05, 0) is 32.3 Å². The maximum atomic E-state index is 12.5. The van der Waals surface area contributed by atoms with Crippen molar-refractivity contribution >= 4 is 24.9 Å². The highest BCUT2D eigenvalue weighted by Gasteiger charge is 2.38. The van der Waals surface area contributed by atoms with Crippen LogP contribution in [0.4, 0.5) is 0 Å². The molecule has 1 aromatic carbocycles. The largest absolute Gasteiger partial charge is 0.475 e. The fourth-order valence-electron chi connectivity index (χ4n) is 2.27. The number of amides is 2. The summed E-state index contributed by atoms with van der Waals surface area (Å²) < 4.78 is 0. The summed E-state index contributed by atoms with van der Waals surface area (Å²) in [7, 11) is -1.77. The maximum absolute atomic E-state index is 12.5. The van der Waals surface area contributed by atoms with Crippen LogP contribution in [0.15, 0.2) is 35.3 Å². The summed E-state index contributed by atoms with van der Waals surface area (Å²) in [5, 5.41) is 24.2. The van der Waals surface area contributed by atoms with E-state index in [2.05, 4.69) is 15.6 Å². The quantitative estimate of drug-likeness (QED) is 0.0994. The van der Waals surface area contributed by atoms with E-state index in [1.54, 1.807) is 0 Å². The number of rotatable bonds is 10. The Morgan fingerprint density at radius 2 is 1.81 bits per heavy atom. The van der Waals surface area contributed by atoms with Gasteiger partial charge in [0.05, 0.1) is 5.94 Å². The summed E-state index contributed by atoms with van der Waals surface area (Å²) in [6, 6.07) is 9.31. The molecule has 0 saturated carbocycles. The fourth-order valence-corrected chi connectivity index (χ4v) is 2.27. The summed E-state index contributed by atoms with van der Waals surface area (Å²) in [6.45, 7) is 3.54. The number of hydrogen-bond acceptors (Lipinski definition) is 5. The molecule has 0 bridgehead atoms. The van der Waals surface area contributed by atoms with Crippen LogP contribution >= 0.6 is 0 Å². The van der Waals surface area contributed by atoms with Gasteiger partial charge in [0, 0.05) is 13.1 Å². The minimum atomic E-state index is -1.77. The summed E-state index contributed by atoms with van der Waals surface area (Å²) in [5.41, 5.74) is 9.97. The molecule has 9 nitrogen and oxygen atoms in total. The number of hydrogen-bond donors (Lipinski definition) is 6. The van der Waals surface area contributed by atoms with Gasteiger partial charge in [-0.25, -0.2) is 0 Å². The zero-order valence-electron chi connectivity index (χ0n) is 15.7. The van der Waals surface area contributed by atoms with E-state index >= 15 is 0 Å². The first-order valence-corrected chi connectivity index (χ1v) is 8.69. The number of nitrogens with two attached hydrogens (primary N) is 2. The Labute approximate surface area is 159 Å². The lowest BCUT2D eigenvalue weighted by molar-refractivity contribution is -0.141. The number of aliphatic imine (C=N–C) groups is 1. The van der Waals surface area contributed by atoms with Crippen molar-refractivity contribution in [2.24, 2.45) is 21.9 Å². The van der Waals surface area contributed by atoms with Crippen molar-refractivity contribution in [2.45, 2.75) is 39.2 Å². The molecule has 148 valence electrons. The van der Waals surface area contributed by atoms with Gasteiger partial charge in [-0.2, -0.15) is 0 Å². The Kier molecular flexibility index (Phi) is 8.76. The van der Waals surface area contributed by atoms with Crippen molar-refractivity contribution in [3.63, 3.8) is 0 Å². The molecule has 0 heterocycles. The summed E-state index contributed by atoms with van der Waals surface area (Å²) in [6.07, 6.45) is 0.670. The van der Waals surface area contributed by atoms with E-state index in [4.69, 9.17) is 11.5 Å². The van der Waals surface area contributed by atoms with Crippen LogP contribution in [-0.4, -0.2) is 47.4 Å². The summed E-state index contributed by atoms with van der Waals surface area (Å²) in [5.74, 6) is -2.06.